The molecule has 1 aliphatic rings. The number of benzene rings is 2. The Hall–Kier alpha value is -2.38. The third-order valence-electron chi connectivity index (χ3n) is 4.73. The predicted octanol–water partition coefficient (Wildman–Crippen LogP) is 6.47. The lowest BCUT2D eigenvalue weighted by Crippen LogP contribution is -2.24. The summed E-state index contributed by atoms with van der Waals surface area (Å²) in [5.74, 6) is -1.11. The number of ether oxygens (including phenoxy) is 2. The van der Waals surface area contributed by atoms with E-state index < -0.39 is 11.9 Å². The van der Waals surface area contributed by atoms with Crippen LogP contribution in [-0.4, -0.2) is 26.2 Å². The molecular weight excluding hydrogens is 498 g/mol. The van der Waals surface area contributed by atoms with Crippen LogP contribution in [0.15, 0.2) is 58.9 Å². The molecular formula is C22H18Cl4N2O4. The fourth-order valence-electron chi connectivity index (χ4n) is 3.16. The molecule has 2 N–H and O–H groups in total. The molecule has 0 saturated heterocycles. The Balaban J connectivity index is 2.02. The van der Waals surface area contributed by atoms with Crippen LogP contribution in [0.1, 0.15) is 12.8 Å². The summed E-state index contributed by atoms with van der Waals surface area (Å²) in [6.45, 7) is 0. The second-order valence-corrected chi connectivity index (χ2v) is 8.44. The van der Waals surface area contributed by atoms with Gasteiger partial charge in [-0.1, -0.05) is 46.4 Å². The number of hydrogen-bond acceptors (Lipinski definition) is 6. The van der Waals surface area contributed by atoms with E-state index in [1.165, 1.54) is 14.2 Å². The van der Waals surface area contributed by atoms with Crippen LogP contribution in [0.4, 0.5) is 11.4 Å². The van der Waals surface area contributed by atoms with E-state index in [2.05, 4.69) is 10.6 Å². The lowest BCUT2D eigenvalue weighted by molar-refractivity contribution is -0.137. The molecule has 32 heavy (non-hydrogen) atoms. The first-order chi connectivity index (χ1) is 15.2. The van der Waals surface area contributed by atoms with Crippen molar-refractivity contribution in [2.75, 3.05) is 24.9 Å². The maximum Gasteiger partial charge on any atom is 0.335 e. The van der Waals surface area contributed by atoms with Gasteiger partial charge < -0.3 is 20.1 Å². The molecule has 0 unspecified atom stereocenters. The van der Waals surface area contributed by atoms with Crippen molar-refractivity contribution in [2.45, 2.75) is 12.8 Å². The van der Waals surface area contributed by atoms with Crippen molar-refractivity contribution in [3.8, 4) is 0 Å². The van der Waals surface area contributed by atoms with Crippen LogP contribution in [0.25, 0.3) is 0 Å². The Morgan fingerprint density at radius 3 is 1.41 bits per heavy atom. The van der Waals surface area contributed by atoms with Crippen molar-refractivity contribution in [1.29, 1.82) is 0 Å². The van der Waals surface area contributed by atoms with Crippen LogP contribution in [0.3, 0.4) is 0 Å². The van der Waals surface area contributed by atoms with E-state index in [4.69, 9.17) is 55.9 Å². The molecule has 10 heteroatoms. The molecule has 0 saturated carbocycles. The van der Waals surface area contributed by atoms with Crippen molar-refractivity contribution in [3.05, 3.63) is 79.0 Å². The first-order valence-electron chi connectivity index (χ1n) is 9.28. The second kappa shape index (κ2) is 10.5. The first kappa shape index (κ1) is 24.3. The van der Waals surface area contributed by atoms with Gasteiger partial charge in [0, 0.05) is 34.3 Å². The summed E-state index contributed by atoms with van der Waals surface area (Å²) in [7, 11) is 2.57. The van der Waals surface area contributed by atoms with E-state index in [1.54, 1.807) is 36.4 Å². The van der Waals surface area contributed by atoms with Crippen molar-refractivity contribution < 1.29 is 19.1 Å². The molecule has 0 amide bonds. The summed E-state index contributed by atoms with van der Waals surface area (Å²) in [4.78, 5) is 25.2. The highest BCUT2D eigenvalue weighted by Crippen LogP contribution is 2.36. The maximum absolute atomic E-state index is 12.6. The molecule has 3 rings (SSSR count). The fraction of sp³-hybridized carbons (Fsp3) is 0.182. The van der Waals surface area contributed by atoms with Crippen LogP contribution in [0.2, 0.25) is 20.1 Å². The van der Waals surface area contributed by atoms with Crippen molar-refractivity contribution in [1.82, 2.24) is 0 Å². The van der Waals surface area contributed by atoms with E-state index in [0.717, 1.165) is 0 Å². The summed E-state index contributed by atoms with van der Waals surface area (Å²) >= 11 is 24.5. The summed E-state index contributed by atoms with van der Waals surface area (Å²) in [5.41, 5.74) is 2.59. The number of carbonyl (C=O) groups excluding carboxylic acids is 2. The summed E-state index contributed by atoms with van der Waals surface area (Å²) in [6, 6.07) is 9.80. The van der Waals surface area contributed by atoms with Gasteiger partial charge in [-0.25, -0.2) is 9.59 Å². The van der Waals surface area contributed by atoms with E-state index >= 15 is 0 Å². The molecule has 2 aromatic rings. The molecule has 1 aliphatic carbocycles. The Bertz CT molecular complexity index is 1060. The lowest BCUT2D eigenvalue weighted by atomic mass is 9.92. The van der Waals surface area contributed by atoms with E-state index in [1.807, 2.05) is 0 Å². The highest BCUT2D eigenvalue weighted by atomic mass is 35.5. The number of rotatable bonds is 6. The number of hydrogen-bond donors (Lipinski definition) is 2. The molecule has 0 spiro atoms. The molecule has 0 bridgehead atoms. The normalized spacial score (nSPS) is 13.7. The summed E-state index contributed by atoms with van der Waals surface area (Å²) < 4.78 is 9.93. The molecule has 0 fully saturated rings. The van der Waals surface area contributed by atoms with E-state index in [9.17, 15) is 9.59 Å². The zero-order valence-corrected chi connectivity index (χ0v) is 20.0. The van der Waals surface area contributed by atoms with Gasteiger partial charge >= 0.3 is 11.9 Å². The number of allylic oxidation sites excluding steroid dienone is 2. The Morgan fingerprint density at radius 2 is 1.09 bits per heavy atom. The highest BCUT2D eigenvalue weighted by Gasteiger charge is 2.30. The van der Waals surface area contributed by atoms with Gasteiger partial charge in [0.2, 0.25) is 0 Å². The Labute approximate surface area is 205 Å². The van der Waals surface area contributed by atoms with Crippen molar-refractivity contribution >= 4 is 69.7 Å². The molecule has 2 aromatic carbocycles. The smallest absolute Gasteiger partial charge is 0.335 e. The number of methoxy groups -OCH3 is 2. The van der Waals surface area contributed by atoms with Gasteiger partial charge in [-0.2, -0.15) is 0 Å². The van der Waals surface area contributed by atoms with Crippen LogP contribution in [-0.2, 0) is 19.1 Å². The van der Waals surface area contributed by atoms with Gasteiger partial charge in [0.25, 0.3) is 0 Å². The molecule has 168 valence electrons. The number of esters is 2. The third-order valence-corrected chi connectivity index (χ3v) is 5.83. The van der Waals surface area contributed by atoms with E-state index in [-0.39, 0.29) is 12.8 Å². The quantitative estimate of drug-likeness (QED) is 0.429. The monoisotopic (exact) mass is 514 g/mol. The highest BCUT2D eigenvalue weighted by molar-refractivity contribution is 6.37. The average Bonchev–Trinajstić information content (AvgIpc) is 2.76. The van der Waals surface area contributed by atoms with Gasteiger partial charge in [-0.3, -0.25) is 0 Å². The topological polar surface area (TPSA) is 76.7 Å². The van der Waals surface area contributed by atoms with Gasteiger partial charge in [0.15, 0.2) is 0 Å². The minimum Gasteiger partial charge on any atom is -0.466 e. The standard InChI is InChI=1S/C22H18Cl4N2O4/c1-31-21(29)13-9-20(28-18-6-4-12(24)8-16(18)26)14(22(30)32-2)10-19(13)27-17-5-3-11(23)7-15(17)25/h3-8,27-28H,9-10H2,1-2H3. The first-order valence-corrected chi connectivity index (χ1v) is 10.8. The summed E-state index contributed by atoms with van der Waals surface area (Å²) in [5, 5.41) is 7.90. The largest absolute Gasteiger partial charge is 0.466 e. The molecule has 6 nitrogen and oxygen atoms in total. The van der Waals surface area contributed by atoms with Crippen molar-refractivity contribution in [3.63, 3.8) is 0 Å². The van der Waals surface area contributed by atoms with Crippen LogP contribution < -0.4 is 10.6 Å². The van der Waals surface area contributed by atoms with E-state index in [0.29, 0.717) is 54.0 Å². The summed E-state index contributed by atoms with van der Waals surface area (Å²) in [6.07, 6.45) is 0.118. The van der Waals surface area contributed by atoms with Crippen LogP contribution >= 0.6 is 46.4 Å². The molecule has 0 aliphatic heterocycles. The van der Waals surface area contributed by atoms with Crippen LogP contribution in [0.5, 0.6) is 0 Å². The van der Waals surface area contributed by atoms with Gasteiger partial charge in [0.1, 0.15) is 0 Å². The average molecular weight is 516 g/mol. The van der Waals surface area contributed by atoms with Crippen molar-refractivity contribution in [2.24, 2.45) is 0 Å². The SMILES string of the molecule is COC(=O)C1=C(Nc2ccc(Cl)cc2Cl)CC(C(=O)OC)=C(Nc2ccc(Cl)cc2Cl)C1. The Morgan fingerprint density at radius 1 is 0.719 bits per heavy atom. The van der Waals surface area contributed by atoms with Gasteiger partial charge in [-0.05, 0) is 36.4 Å². The number of anilines is 2. The maximum atomic E-state index is 12.6. The minimum atomic E-state index is -0.553. The lowest BCUT2D eigenvalue weighted by Gasteiger charge is -2.26. The minimum absolute atomic E-state index is 0.0591. The number of carbonyl (C=O) groups is 2. The predicted molar refractivity (Wildman–Crippen MR) is 127 cm³/mol. The zero-order valence-electron chi connectivity index (χ0n) is 17.0. The van der Waals surface area contributed by atoms with Crippen LogP contribution in [0, 0.1) is 0 Å². The molecule has 0 aromatic heterocycles. The Kier molecular flexibility index (Phi) is 7.96. The fourth-order valence-corrected chi connectivity index (χ4v) is 4.08. The number of nitrogens with one attached hydrogen (secondary N) is 2. The molecule has 0 radical (unpaired) electrons. The third kappa shape index (κ3) is 5.51. The van der Waals surface area contributed by atoms with Gasteiger partial charge in [0.05, 0.1) is 46.8 Å². The zero-order chi connectivity index (χ0) is 23.4. The molecule has 0 atom stereocenters. The van der Waals surface area contributed by atoms with Gasteiger partial charge in [-0.15, -0.1) is 0 Å². The second-order valence-electron chi connectivity index (χ2n) is 6.75. The number of halogens is 4. The molecule has 0 heterocycles.